The van der Waals surface area contributed by atoms with Crippen LogP contribution in [-0.4, -0.2) is 12.0 Å². The third-order valence-electron chi connectivity index (χ3n) is 2.78. The Hall–Kier alpha value is -1.78. The highest BCUT2D eigenvalue weighted by molar-refractivity contribution is 5.85. The third-order valence-corrected chi connectivity index (χ3v) is 2.78. The third kappa shape index (κ3) is 3.84. The molecule has 0 aliphatic rings. The molecule has 4 N–H and O–H groups in total. The van der Waals surface area contributed by atoms with Crippen LogP contribution in [0.25, 0.3) is 0 Å². The molecule has 0 amide bonds. The van der Waals surface area contributed by atoms with Crippen molar-refractivity contribution < 1.29 is 0 Å². The molecule has 0 spiro atoms. The minimum absolute atomic E-state index is 0. The standard InChI is InChI=1S/C14H18N4.ClH/c1-10-6-7-13(16-2)18-14(10)17-12-5-3-4-11(8-12)9-15;/h3-8H,9,15H2,1-2H3,(H2,16,17,18);1H. The fraction of sp³-hybridized carbons (Fsp3) is 0.214. The van der Waals surface area contributed by atoms with E-state index in [1.807, 2.05) is 50.4 Å². The molecule has 19 heavy (non-hydrogen) atoms. The molecule has 0 bridgehead atoms. The Bertz CT molecular complexity index is 543. The van der Waals surface area contributed by atoms with E-state index in [1.54, 1.807) is 0 Å². The van der Waals surface area contributed by atoms with Gasteiger partial charge in [-0.1, -0.05) is 18.2 Å². The number of nitrogens with zero attached hydrogens (tertiary/aromatic N) is 1. The molecular formula is C14H19ClN4. The molecule has 0 unspecified atom stereocenters. The number of hydrogen-bond donors (Lipinski definition) is 3. The molecule has 0 aliphatic heterocycles. The van der Waals surface area contributed by atoms with Gasteiger partial charge in [-0.3, -0.25) is 0 Å². The lowest BCUT2D eigenvalue weighted by atomic mass is 10.2. The van der Waals surface area contributed by atoms with Gasteiger partial charge in [0.1, 0.15) is 11.6 Å². The zero-order valence-electron chi connectivity index (χ0n) is 11.1. The molecule has 0 radical (unpaired) electrons. The second-order valence-electron chi connectivity index (χ2n) is 4.14. The van der Waals surface area contributed by atoms with E-state index in [9.17, 15) is 0 Å². The summed E-state index contributed by atoms with van der Waals surface area (Å²) < 4.78 is 0. The van der Waals surface area contributed by atoms with Crippen LogP contribution in [0.2, 0.25) is 0 Å². The Morgan fingerprint density at radius 1 is 1.21 bits per heavy atom. The number of benzene rings is 1. The summed E-state index contributed by atoms with van der Waals surface area (Å²) in [4.78, 5) is 4.49. The summed E-state index contributed by atoms with van der Waals surface area (Å²) in [6.07, 6.45) is 0. The van der Waals surface area contributed by atoms with E-state index in [-0.39, 0.29) is 12.4 Å². The maximum Gasteiger partial charge on any atom is 0.135 e. The van der Waals surface area contributed by atoms with Crippen LogP contribution in [0.4, 0.5) is 17.3 Å². The highest BCUT2D eigenvalue weighted by Gasteiger charge is 2.02. The molecule has 4 nitrogen and oxygen atoms in total. The summed E-state index contributed by atoms with van der Waals surface area (Å²) >= 11 is 0. The molecular weight excluding hydrogens is 260 g/mol. The van der Waals surface area contributed by atoms with E-state index in [0.717, 1.165) is 28.5 Å². The van der Waals surface area contributed by atoms with Crippen molar-refractivity contribution in [1.82, 2.24) is 4.98 Å². The number of aromatic nitrogens is 1. The normalized spacial score (nSPS) is 9.63. The molecule has 0 fully saturated rings. The number of halogens is 1. The van der Waals surface area contributed by atoms with E-state index < -0.39 is 0 Å². The van der Waals surface area contributed by atoms with Gasteiger partial charge in [0.15, 0.2) is 0 Å². The van der Waals surface area contributed by atoms with Crippen LogP contribution in [-0.2, 0) is 6.54 Å². The van der Waals surface area contributed by atoms with Crippen LogP contribution in [0.15, 0.2) is 36.4 Å². The zero-order chi connectivity index (χ0) is 13.0. The molecule has 2 aromatic rings. The molecule has 1 heterocycles. The molecule has 1 aromatic carbocycles. The van der Waals surface area contributed by atoms with Crippen molar-refractivity contribution in [3.8, 4) is 0 Å². The van der Waals surface area contributed by atoms with Crippen LogP contribution in [0.5, 0.6) is 0 Å². The first-order valence-electron chi connectivity index (χ1n) is 5.94. The summed E-state index contributed by atoms with van der Waals surface area (Å²) in [5.74, 6) is 1.70. The van der Waals surface area contributed by atoms with Crippen molar-refractivity contribution in [1.29, 1.82) is 0 Å². The molecule has 2 rings (SSSR count). The van der Waals surface area contributed by atoms with Gasteiger partial charge in [0.2, 0.25) is 0 Å². The lowest BCUT2D eigenvalue weighted by molar-refractivity contribution is 1.07. The molecule has 5 heteroatoms. The highest BCUT2D eigenvalue weighted by atomic mass is 35.5. The van der Waals surface area contributed by atoms with E-state index in [4.69, 9.17) is 5.73 Å². The van der Waals surface area contributed by atoms with Gasteiger partial charge in [0.25, 0.3) is 0 Å². The fourth-order valence-corrected chi connectivity index (χ4v) is 1.71. The van der Waals surface area contributed by atoms with Crippen molar-refractivity contribution in [2.24, 2.45) is 5.73 Å². The van der Waals surface area contributed by atoms with Gasteiger partial charge in [-0.2, -0.15) is 0 Å². The second kappa shape index (κ2) is 6.97. The molecule has 0 saturated heterocycles. The monoisotopic (exact) mass is 278 g/mol. The molecule has 0 aliphatic carbocycles. The Balaban J connectivity index is 0.00000180. The predicted molar refractivity (Wildman–Crippen MR) is 83.4 cm³/mol. The lowest BCUT2D eigenvalue weighted by Crippen LogP contribution is -2.01. The second-order valence-corrected chi connectivity index (χ2v) is 4.14. The van der Waals surface area contributed by atoms with E-state index in [1.165, 1.54) is 0 Å². The topological polar surface area (TPSA) is 63.0 Å². The highest BCUT2D eigenvalue weighted by Crippen LogP contribution is 2.20. The number of pyridine rings is 1. The number of anilines is 3. The zero-order valence-corrected chi connectivity index (χ0v) is 11.9. The smallest absolute Gasteiger partial charge is 0.135 e. The largest absolute Gasteiger partial charge is 0.373 e. The first-order chi connectivity index (χ1) is 8.72. The van der Waals surface area contributed by atoms with E-state index in [2.05, 4.69) is 15.6 Å². The van der Waals surface area contributed by atoms with Gasteiger partial charge >= 0.3 is 0 Å². The van der Waals surface area contributed by atoms with E-state index >= 15 is 0 Å². The number of nitrogens with one attached hydrogen (secondary N) is 2. The molecule has 0 atom stereocenters. The summed E-state index contributed by atoms with van der Waals surface area (Å²) in [7, 11) is 1.86. The minimum Gasteiger partial charge on any atom is -0.373 e. The van der Waals surface area contributed by atoms with Gasteiger partial charge in [0.05, 0.1) is 0 Å². The Labute approximate surface area is 119 Å². The average Bonchev–Trinajstić information content (AvgIpc) is 2.41. The first-order valence-corrected chi connectivity index (χ1v) is 5.94. The van der Waals surface area contributed by atoms with Crippen molar-refractivity contribution in [2.75, 3.05) is 17.7 Å². The van der Waals surface area contributed by atoms with Crippen molar-refractivity contribution in [3.05, 3.63) is 47.5 Å². The van der Waals surface area contributed by atoms with Gasteiger partial charge in [-0.15, -0.1) is 12.4 Å². The van der Waals surface area contributed by atoms with Crippen LogP contribution >= 0.6 is 12.4 Å². The summed E-state index contributed by atoms with van der Waals surface area (Å²) in [5.41, 5.74) is 8.84. The Morgan fingerprint density at radius 3 is 2.68 bits per heavy atom. The maximum atomic E-state index is 5.63. The first kappa shape index (κ1) is 15.3. The quantitative estimate of drug-likeness (QED) is 0.804. The molecule has 102 valence electrons. The van der Waals surface area contributed by atoms with Gasteiger partial charge in [-0.25, -0.2) is 4.98 Å². The summed E-state index contributed by atoms with van der Waals surface area (Å²) in [5, 5.41) is 6.35. The predicted octanol–water partition coefficient (Wildman–Crippen LogP) is 3.06. The minimum atomic E-state index is 0. The average molecular weight is 279 g/mol. The van der Waals surface area contributed by atoms with Crippen LogP contribution < -0.4 is 16.4 Å². The molecule has 0 saturated carbocycles. The van der Waals surface area contributed by atoms with Crippen molar-refractivity contribution in [3.63, 3.8) is 0 Å². The van der Waals surface area contributed by atoms with Crippen molar-refractivity contribution >= 4 is 29.7 Å². The SMILES string of the molecule is CNc1ccc(C)c(Nc2cccc(CN)c2)n1.Cl. The van der Waals surface area contributed by atoms with Crippen LogP contribution in [0.1, 0.15) is 11.1 Å². The Morgan fingerprint density at radius 2 is 2.00 bits per heavy atom. The van der Waals surface area contributed by atoms with Crippen LogP contribution in [0, 0.1) is 6.92 Å². The number of aryl methyl sites for hydroxylation is 1. The van der Waals surface area contributed by atoms with Crippen LogP contribution in [0.3, 0.4) is 0 Å². The summed E-state index contributed by atoms with van der Waals surface area (Å²) in [6.45, 7) is 2.57. The maximum absolute atomic E-state index is 5.63. The van der Waals surface area contributed by atoms with E-state index in [0.29, 0.717) is 6.54 Å². The summed E-state index contributed by atoms with van der Waals surface area (Å²) in [6, 6.07) is 12.0. The lowest BCUT2D eigenvalue weighted by Gasteiger charge is -2.11. The molecule has 1 aromatic heterocycles. The van der Waals surface area contributed by atoms with Crippen molar-refractivity contribution in [2.45, 2.75) is 13.5 Å². The van der Waals surface area contributed by atoms with Gasteiger partial charge in [0, 0.05) is 19.3 Å². The van der Waals surface area contributed by atoms with Gasteiger partial charge in [-0.05, 0) is 36.2 Å². The van der Waals surface area contributed by atoms with Gasteiger partial charge < -0.3 is 16.4 Å². The number of rotatable bonds is 4. The number of hydrogen-bond acceptors (Lipinski definition) is 4. The fourth-order valence-electron chi connectivity index (χ4n) is 1.71. The number of nitrogens with two attached hydrogens (primary N) is 1. The Kier molecular flexibility index (Phi) is 5.60.